The van der Waals surface area contributed by atoms with Gasteiger partial charge >= 0.3 is 0 Å². The van der Waals surface area contributed by atoms with Crippen LogP contribution < -0.4 is 0 Å². The highest BCUT2D eigenvalue weighted by Gasteiger charge is 2.64. The summed E-state index contributed by atoms with van der Waals surface area (Å²) < 4.78 is 0.864. The SMILES string of the molecule is CC1(C)[C@H]2CC[C@]1(C)C(=O)N(CCC[N+](C)(C)C)C2=O. The number of nitrogens with zero attached hydrogens (tertiary/aromatic N) is 2. The highest BCUT2D eigenvalue weighted by molar-refractivity contribution is 6.03. The lowest BCUT2D eigenvalue weighted by molar-refractivity contribution is -0.870. The number of fused-ring (bicyclic) bond motifs is 2. The Morgan fingerprint density at radius 1 is 1.20 bits per heavy atom. The van der Waals surface area contributed by atoms with Gasteiger partial charge in [-0.1, -0.05) is 20.8 Å². The van der Waals surface area contributed by atoms with Crippen LogP contribution in [0.5, 0.6) is 0 Å². The van der Waals surface area contributed by atoms with Crippen LogP contribution in [0, 0.1) is 16.7 Å². The van der Waals surface area contributed by atoms with Gasteiger partial charge in [0.2, 0.25) is 11.8 Å². The molecule has 1 heterocycles. The van der Waals surface area contributed by atoms with Crippen LogP contribution in [0.3, 0.4) is 0 Å². The molecule has 0 spiro atoms. The third-order valence-electron chi connectivity index (χ3n) is 5.72. The van der Waals surface area contributed by atoms with Crippen molar-refractivity contribution in [3.05, 3.63) is 0 Å². The van der Waals surface area contributed by atoms with Crippen molar-refractivity contribution in [2.24, 2.45) is 16.7 Å². The van der Waals surface area contributed by atoms with Gasteiger partial charge in [-0.05, 0) is 18.3 Å². The standard InChI is InChI=1S/C16H29N2O2/c1-15(2)12-8-9-16(15,3)14(20)17(13(12)19)10-7-11-18(4,5)6/h12H,7-11H2,1-6H3/q+1/t12-,16+/m0/s1. The van der Waals surface area contributed by atoms with Crippen molar-refractivity contribution in [1.29, 1.82) is 0 Å². The van der Waals surface area contributed by atoms with E-state index in [1.54, 1.807) is 4.90 Å². The molecule has 1 aliphatic carbocycles. The van der Waals surface area contributed by atoms with Gasteiger partial charge in [-0.15, -0.1) is 0 Å². The van der Waals surface area contributed by atoms with Crippen molar-refractivity contribution in [3.8, 4) is 0 Å². The molecule has 2 amide bonds. The second-order valence-corrected chi connectivity index (χ2v) is 8.31. The first-order valence-electron chi connectivity index (χ1n) is 7.67. The molecule has 0 aromatic carbocycles. The molecule has 1 aliphatic heterocycles. The molecule has 114 valence electrons. The summed E-state index contributed by atoms with van der Waals surface area (Å²) in [6.45, 7) is 7.78. The Morgan fingerprint density at radius 3 is 2.35 bits per heavy atom. The summed E-state index contributed by atoms with van der Waals surface area (Å²) in [5, 5.41) is 0. The number of carbonyl (C=O) groups is 2. The number of imide groups is 1. The Kier molecular flexibility index (Phi) is 3.52. The van der Waals surface area contributed by atoms with Crippen LogP contribution in [-0.2, 0) is 9.59 Å². The lowest BCUT2D eigenvalue weighted by atomic mass is 9.62. The van der Waals surface area contributed by atoms with Gasteiger partial charge < -0.3 is 4.48 Å². The molecule has 2 atom stereocenters. The average Bonchev–Trinajstić information content (AvgIpc) is 2.48. The molecule has 4 heteroatoms. The summed E-state index contributed by atoms with van der Waals surface area (Å²) >= 11 is 0. The highest BCUT2D eigenvalue weighted by atomic mass is 16.2. The Hall–Kier alpha value is -0.900. The van der Waals surface area contributed by atoms with Crippen molar-refractivity contribution >= 4 is 11.8 Å². The number of carbonyl (C=O) groups excluding carboxylic acids is 2. The number of hydrogen-bond donors (Lipinski definition) is 0. The van der Waals surface area contributed by atoms with E-state index in [4.69, 9.17) is 0 Å². The van der Waals surface area contributed by atoms with Gasteiger partial charge in [0, 0.05) is 18.9 Å². The molecule has 20 heavy (non-hydrogen) atoms. The van der Waals surface area contributed by atoms with E-state index in [9.17, 15) is 9.59 Å². The van der Waals surface area contributed by atoms with Crippen LogP contribution >= 0.6 is 0 Å². The van der Waals surface area contributed by atoms with Crippen molar-refractivity contribution in [2.75, 3.05) is 34.2 Å². The Bertz CT molecular complexity index is 436. The maximum atomic E-state index is 12.8. The van der Waals surface area contributed by atoms with Crippen molar-refractivity contribution in [3.63, 3.8) is 0 Å². The van der Waals surface area contributed by atoms with E-state index in [0.29, 0.717) is 6.54 Å². The van der Waals surface area contributed by atoms with Crippen molar-refractivity contribution in [1.82, 2.24) is 4.90 Å². The maximum Gasteiger partial charge on any atom is 0.235 e. The number of hydrogen-bond acceptors (Lipinski definition) is 2. The van der Waals surface area contributed by atoms with E-state index in [1.165, 1.54) is 0 Å². The fourth-order valence-electron chi connectivity index (χ4n) is 3.82. The van der Waals surface area contributed by atoms with E-state index in [-0.39, 0.29) is 28.6 Å². The van der Waals surface area contributed by atoms with Crippen molar-refractivity contribution < 1.29 is 14.1 Å². The second kappa shape index (κ2) is 4.55. The van der Waals surface area contributed by atoms with E-state index in [0.717, 1.165) is 30.3 Å². The van der Waals surface area contributed by atoms with Gasteiger partial charge in [-0.3, -0.25) is 14.5 Å². The fourth-order valence-corrected chi connectivity index (χ4v) is 3.82. The first-order chi connectivity index (χ1) is 9.01. The van der Waals surface area contributed by atoms with Crippen LogP contribution in [0.2, 0.25) is 0 Å². The van der Waals surface area contributed by atoms with E-state index >= 15 is 0 Å². The van der Waals surface area contributed by atoms with Gasteiger partial charge in [-0.2, -0.15) is 0 Å². The normalized spacial score (nSPS) is 32.9. The molecule has 0 radical (unpaired) electrons. The summed E-state index contributed by atoms with van der Waals surface area (Å²) in [7, 11) is 6.40. The van der Waals surface area contributed by atoms with E-state index in [2.05, 4.69) is 41.9 Å². The van der Waals surface area contributed by atoms with Gasteiger partial charge in [-0.25, -0.2) is 0 Å². The van der Waals surface area contributed by atoms with Crippen LogP contribution in [0.4, 0.5) is 0 Å². The molecule has 4 nitrogen and oxygen atoms in total. The molecule has 1 saturated heterocycles. The summed E-state index contributed by atoms with van der Waals surface area (Å²) in [4.78, 5) is 26.9. The smallest absolute Gasteiger partial charge is 0.235 e. The molecule has 2 aliphatic rings. The number of quaternary nitrogens is 1. The van der Waals surface area contributed by atoms with Gasteiger partial charge in [0.1, 0.15) is 0 Å². The molecule has 0 aromatic rings. The molecule has 0 unspecified atom stereocenters. The Labute approximate surface area is 122 Å². The molecule has 2 fully saturated rings. The number of likely N-dealkylation sites (tertiary alicyclic amines) is 1. The van der Waals surface area contributed by atoms with E-state index in [1.807, 2.05) is 0 Å². The summed E-state index contributed by atoms with van der Waals surface area (Å²) in [6.07, 6.45) is 2.59. The minimum Gasteiger partial charge on any atom is -0.331 e. The second-order valence-electron chi connectivity index (χ2n) is 8.31. The molecule has 1 saturated carbocycles. The molecular weight excluding hydrogens is 252 g/mol. The first-order valence-corrected chi connectivity index (χ1v) is 7.67. The van der Waals surface area contributed by atoms with Gasteiger partial charge in [0.15, 0.2) is 0 Å². The fraction of sp³-hybridized carbons (Fsp3) is 0.875. The van der Waals surface area contributed by atoms with Crippen LogP contribution in [0.15, 0.2) is 0 Å². The average molecular weight is 281 g/mol. The zero-order valence-electron chi connectivity index (χ0n) is 13.8. The molecule has 2 rings (SSSR count). The van der Waals surface area contributed by atoms with Crippen LogP contribution in [0.25, 0.3) is 0 Å². The van der Waals surface area contributed by atoms with Gasteiger partial charge in [0.25, 0.3) is 0 Å². The first kappa shape index (κ1) is 15.5. The van der Waals surface area contributed by atoms with Crippen LogP contribution in [0.1, 0.15) is 40.0 Å². The third kappa shape index (κ3) is 2.18. The topological polar surface area (TPSA) is 37.4 Å². The predicted molar refractivity (Wildman–Crippen MR) is 78.8 cm³/mol. The zero-order valence-corrected chi connectivity index (χ0v) is 13.8. The summed E-state index contributed by atoms with van der Waals surface area (Å²) in [5.41, 5.74) is -0.556. The monoisotopic (exact) mass is 281 g/mol. The largest absolute Gasteiger partial charge is 0.331 e. The lowest BCUT2D eigenvalue weighted by Gasteiger charge is -2.47. The molecular formula is C16H29N2O2+. The Morgan fingerprint density at radius 2 is 1.80 bits per heavy atom. The highest BCUT2D eigenvalue weighted by Crippen LogP contribution is 2.59. The summed E-state index contributed by atoms with van der Waals surface area (Å²) in [6, 6.07) is 0. The number of piperidine rings is 1. The maximum absolute atomic E-state index is 12.8. The van der Waals surface area contributed by atoms with Gasteiger partial charge in [0.05, 0.1) is 33.1 Å². The Balaban J connectivity index is 2.13. The molecule has 0 aromatic heterocycles. The minimum atomic E-state index is -0.359. The lowest BCUT2D eigenvalue weighted by Crippen LogP contribution is -2.59. The quantitative estimate of drug-likeness (QED) is 0.583. The van der Waals surface area contributed by atoms with Crippen LogP contribution in [-0.4, -0.2) is 55.4 Å². The minimum absolute atomic E-state index is 0.0225. The summed E-state index contributed by atoms with van der Waals surface area (Å²) in [5.74, 6) is 0.147. The predicted octanol–water partition coefficient (Wildman–Crippen LogP) is 1.89. The zero-order chi connectivity index (χ0) is 15.3. The number of amides is 2. The molecule has 0 N–H and O–H groups in total. The van der Waals surface area contributed by atoms with E-state index < -0.39 is 0 Å². The molecule has 2 bridgehead atoms. The van der Waals surface area contributed by atoms with Crippen molar-refractivity contribution in [2.45, 2.75) is 40.0 Å². The third-order valence-corrected chi connectivity index (χ3v) is 5.72. The number of rotatable bonds is 4.